The van der Waals surface area contributed by atoms with Crippen molar-refractivity contribution >= 4 is 23.6 Å². The first kappa shape index (κ1) is 10.8. The van der Waals surface area contributed by atoms with E-state index in [4.69, 9.17) is 0 Å². The molecule has 0 aliphatic rings. The number of nitrogens with zero attached hydrogens (tertiary/aromatic N) is 1. The summed E-state index contributed by atoms with van der Waals surface area (Å²) < 4.78 is 0. The van der Waals surface area contributed by atoms with Crippen molar-refractivity contribution in [3.8, 4) is 0 Å². The van der Waals surface area contributed by atoms with Gasteiger partial charge in [0.1, 0.15) is 0 Å². The average Bonchev–Trinajstić information content (AvgIpc) is 2.15. The Balaban J connectivity index is 2.78. The third-order valence-corrected chi connectivity index (χ3v) is 1.89. The van der Waals surface area contributed by atoms with E-state index in [0.717, 1.165) is 11.3 Å². The molecular formula is C10H12N2OS. The van der Waals surface area contributed by atoms with Gasteiger partial charge in [0.2, 0.25) is 0 Å². The number of carbonyl (C=O) groups is 1. The van der Waals surface area contributed by atoms with Crippen LogP contribution in [0.5, 0.6) is 0 Å². The minimum atomic E-state index is -0.462. The standard InChI is InChI=1S/C10H12N2OS/c1-7-3-5-9(6-4-7)8(2)11-12-10(13)14/h3-6H,1-2H3,(H2,12,13,14)/b11-8-. The van der Waals surface area contributed by atoms with Crippen LogP contribution in [0.15, 0.2) is 29.4 Å². The normalized spacial score (nSPS) is 11.2. The van der Waals surface area contributed by atoms with Gasteiger partial charge in [0.25, 0.3) is 5.24 Å². The van der Waals surface area contributed by atoms with Crippen LogP contribution < -0.4 is 5.43 Å². The summed E-state index contributed by atoms with van der Waals surface area (Å²) in [5, 5.41) is 3.40. The Morgan fingerprint density at radius 3 is 2.43 bits per heavy atom. The highest BCUT2D eigenvalue weighted by molar-refractivity contribution is 7.96. The van der Waals surface area contributed by atoms with Gasteiger partial charge in [-0.3, -0.25) is 4.79 Å². The summed E-state index contributed by atoms with van der Waals surface area (Å²) in [4.78, 5) is 10.5. The third kappa shape index (κ3) is 3.22. The highest BCUT2D eigenvalue weighted by Gasteiger charge is 1.96. The number of rotatable bonds is 2. The molecule has 0 fully saturated rings. The second-order valence-electron chi connectivity index (χ2n) is 2.98. The summed E-state index contributed by atoms with van der Waals surface area (Å²) in [5.74, 6) is 0. The minimum absolute atomic E-state index is 0.462. The van der Waals surface area contributed by atoms with Gasteiger partial charge in [-0.05, 0) is 19.4 Å². The van der Waals surface area contributed by atoms with Crippen LogP contribution in [0, 0.1) is 6.92 Å². The zero-order valence-corrected chi connectivity index (χ0v) is 9.01. The van der Waals surface area contributed by atoms with E-state index in [0.29, 0.717) is 0 Å². The lowest BCUT2D eigenvalue weighted by molar-refractivity contribution is 0.261. The second-order valence-corrected chi connectivity index (χ2v) is 3.39. The van der Waals surface area contributed by atoms with E-state index in [1.165, 1.54) is 5.56 Å². The molecule has 3 nitrogen and oxygen atoms in total. The van der Waals surface area contributed by atoms with Gasteiger partial charge in [-0.15, -0.1) is 0 Å². The van der Waals surface area contributed by atoms with Crippen molar-refractivity contribution < 1.29 is 4.79 Å². The lowest BCUT2D eigenvalue weighted by Gasteiger charge is -2.00. The first-order chi connectivity index (χ1) is 6.59. The number of carbonyl (C=O) groups excluding carboxylic acids is 1. The van der Waals surface area contributed by atoms with Crippen molar-refractivity contribution in [1.82, 2.24) is 5.43 Å². The number of hydrogen-bond donors (Lipinski definition) is 2. The molecule has 1 rings (SSSR count). The fourth-order valence-electron chi connectivity index (χ4n) is 0.991. The Morgan fingerprint density at radius 1 is 1.36 bits per heavy atom. The van der Waals surface area contributed by atoms with Gasteiger partial charge in [0.15, 0.2) is 0 Å². The van der Waals surface area contributed by atoms with E-state index >= 15 is 0 Å². The number of benzene rings is 1. The van der Waals surface area contributed by atoms with Gasteiger partial charge in [-0.25, -0.2) is 5.43 Å². The van der Waals surface area contributed by atoms with Crippen LogP contribution >= 0.6 is 12.6 Å². The maximum atomic E-state index is 10.5. The second kappa shape index (κ2) is 4.81. The number of nitrogens with one attached hydrogen (secondary N) is 1. The van der Waals surface area contributed by atoms with E-state index in [-0.39, 0.29) is 0 Å². The highest BCUT2D eigenvalue weighted by Crippen LogP contribution is 2.04. The molecule has 0 saturated heterocycles. The van der Waals surface area contributed by atoms with Crippen LogP contribution in [0.4, 0.5) is 4.79 Å². The summed E-state index contributed by atoms with van der Waals surface area (Å²) in [6.07, 6.45) is 0. The summed E-state index contributed by atoms with van der Waals surface area (Å²) in [5.41, 5.74) is 5.21. The first-order valence-electron chi connectivity index (χ1n) is 4.20. The molecule has 0 spiro atoms. The van der Waals surface area contributed by atoms with Crippen LogP contribution in [-0.4, -0.2) is 11.0 Å². The zero-order valence-electron chi connectivity index (χ0n) is 8.11. The molecule has 1 amide bonds. The predicted molar refractivity (Wildman–Crippen MR) is 60.9 cm³/mol. The fourth-order valence-corrected chi connectivity index (χ4v) is 1.04. The largest absolute Gasteiger partial charge is 0.296 e. The van der Waals surface area contributed by atoms with Gasteiger partial charge in [-0.2, -0.15) is 5.10 Å². The maximum Gasteiger partial charge on any atom is 0.296 e. The molecule has 74 valence electrons. The average molecular weight is 208 g/mol. The van der Waals surface area contributed by atoms with Gasteiger partial charge in [0, 0.05) is 0 Å². The van der Waals surface area contributed by atoms with Gasteiger partial charge in [-0.1, -0.05) is 42.5 Å². The molecule has 0 aromatic heterocycles. The third-order valence-electron chi connectivity index (χ3n) is 1.79. The Hall–Kier alpha value is -1.29. The first-order valence-corrected chi connectivity index (χ1v) is 4.64. The van der Waals surface area contributed by atoms with Crippen LogP contribution in [0.25, 0.3) is 0 Å². The maximum absolute atomic E-state index is 10.5. The van der Waals surface area contributed by atoms with Gasteiger partial charge in [0.05, 0.1) is 5.71 Å². The molecule has 0 aliphatic heterocycles. The van der Waals surface area contributed by atoms with Crippen LogP contribution in [0.2, 0.25) is 0 Å². The number of hydrazone groups is 1. The Morgan fingerprint density at radius 2 is 1.93 bits per heavy atom. The number of amides is 1. The summed E-state index contributed by atoms with van der Waals surface area (Å²) in [7, 11) is 0. The lowest BCUT2D eigenvalue weighted by atomic mass is 10.1. The molecule has 1 N–H and O–H groups in total. The number of hydrogen-bond acceptors (Lipinski definition) is 2. The molecule has 0 bridgehead atoms. The Kier molecular flexibility index (Phi) is 3.71. The molecule has 1 aromatic rings. The van der Waals surface area contributed by atoms with Crippen molar-refractivity contribution in [2.24, 2.45) is 5.10 Å². The molecule has 0 heterocycles. The van der Waals surface area contributed by atoms with E-state index in [2.05, 4.69) is 23.2 Å². The van der Waals surface area contributed by atoms with E-state index in [1.54, 1.807) is 0 Å². The van der Waals surface area contributed by atoms with Crippen molar-refractivity contribution in [2.75, 3.05) is 0 Å². The van der Waals surface area contributed by atoms with Crippen LogP contribution in [0.3, 0.4) is 0 Å². The molecule has 0 unspecified atom stereocenters. The molecule has 0 radical (unpaired) electrons. The molecule has 1 aromatic carbocycles. The van der Waals surface area contributed by atoms with Crippen molar-refractivity contribution in [3.05, 3.63) is 35.4 Å². The summed E-state index contributed by atoms with van der Waals surface area (Å²) in [6.45, 7) is 3.85. The molecule has 0 aliphatic carbocycles. The fraction of sp³-hybridized carbons (Fsp3) is 0.200. The molecular weight excluding hydrogens is 196 g/mol. The van der Waals surface area contributed by atoms with E-state index < -0.39 is 5.24 Å². The Bertz CT molecular complexity index is 357. The molecule has 4 heteroatoms. The Labute approximate surface area is 88.6 Å². The molecule has 0 atom stereocenters. The van der Waals surface area contributed by atoms with Crippen LogP contribution in [-0.2, 0) is 0 Å². The lowest BCUT2D eigenvalue weighted by Crippen LogP contribution is -2.11. The van der Waals surface area contributed by atoms with Crippen molar-refractivity contribution in [3.63, 3.8) is 0 Å². The number of thiol groups is 1. The van der Waals surface area contributed by atoms with Gasteiger partial charge >= 0.3 is 0 Å². The number of aryl methyl sites for hydroxylation is 1. The summed E-state index contributed by atoms with van der Waals surface area (Å²) >= 11 is 3.54. The van der Waals surface area contributed by atoms with E-state index in [1.807, 2.05) is 38.1 Å². The van der Waals surface area contributed by atoms with Crippen LogP contribution in [0.1, 0.15) is 18.1 Å². The van der Waals surface area contributed by atoms with E-state index in [9.17, 15) is 4.79 Å². The van der Waals surface area contributed by atoms with Gasteiger partial charge < -0.3 is 0 Å². The predicted octanol–water partition coefficient (Wildman–Crippen LogP) is 2.36. The highest BCUT2D eigenvalue weighted by atomic mass is 32.1. The minimum Gasteiger partial charge on any atom is -0.260 e. The topological polar surface area (TPSA) is 41.5 Å². The molecule has 14 heavy (non-hydrogen) atoms. The monoisotopic (exact) mass is 208 g/mol. The summed E-state index contributed by atoms with van der Waals surface area (Å²) in [6, 6.07) is 7.91. The quantitative estimate of drug-likeness (QED) is 0.437. The van der Waals surface area contributed by atoms with Crippen molar-refractivity contribution in [2.45, 2.75) is 13.8 Å². The molecule has 0 saturated carbocycles. The zero-order chi connectivity index (χ0) is 10.6. The smallest absolute Gasteiger partial charge is 0.260 e. The SMILES string of the molecule is C/C(=N/NC(=O)S)c1ccc(C)cc1. The van der Waals surface area contributed by atoms with Crippen molar-refractivity contribution in [1.29, 1.82) is 0 Å².